The highest BCUT2D eigenvalue weighted by Gasteiger charge is 1.91. The molecule has 52 valence electrons. The molecule has 1 heterocycles. The van der Waals surface area contributed by atoms with E-state index in [4.69, 9.17) is 4.11 Å². The predicted octanol–water partition coefficient (Wildman–Crippen LogP) is 1.04. The Morgan fingerprint density at radius 1 is 1.80 bits per heavy atom. The molecule has 1 amide bonds. The van der Waals surface area contributed by atoms with Gasteiger partial charge in [-0.05, 0) is 12.1 Å². The second kappa shape index (κ2) is 2.96. The molecule has 0 aliphatic heterocycles. The van der Waals surface area contributed by atoms with Crippen molar-refractivity contribution in [1.82, 2.24) is 4.98 Å². The average Bonchev–Trinajstić information content (AvgIpc) is 2.04. The van der Waals surface area contributed by atoms with Gasteiger partial charge in [0.15, 0.2) is 0 Å². The van der Waals surface area contributed by atoms with Crippen LogP contribution in [0.3, 0.4) is 0 Å². The molecule has 0 atom stereocenters. The second-order valence-corrected chi connectivity index (χ2v) is 1.67. The molecule has 0 radical (unpaired) electrons. The normalized spacial score (nSPS) is 14.6. The van der Waals surface area contributed by atoms with Gasteiger partial charge in [0.25, 0.3) is 0 Å². The Morgan fingerprint density at radius 3 is 3.30 bits per heavy atom. The largest absolute Gasteiger partial charge is 0.311 e. The molecule has 0 aliphatic rings. The summed E-state index contributed by atoms with van der Waals surface area (Å²) in [7, 11) is 0. The molecule has 0 spiro atoms. The number of anilines is 1. The second-order valence-electron chi connectivity index (χ2n) is 1.67. The van der Waals surface area contributed by atoms with Gasteiger partial charge in [-0.1, -0.05) is 6.07 Å². The smallest absolute Gasteiger partial charge is 0.222 e. The van der Waals surface area contributed by atoms with Gasteiger partial charge in [0.2, 0.25) is 5.91 Å². The number of carbonyl (C=O) groups is 1. The van der Waals surface area contributed by atoms with Crippen LogP contribution in [0.1, 0.15) is 11.0 Å². The van der Waals surface area contributed by atoms with E-state index >= 15 is 0 Å². The van der Waals surface area contributed by atoms with Gasteiger partial charge in [0.05, 0.1) is 0 Å². The van der Waals surface area contributed by atoms with E-state index in [1.54, 1.807) is 12.1 Å². The molecule has 0 aliphatic carbocycles. The van der Waals surface area contributed by atoms with Crippen LogP contribution in [0.5, 0.6) is 0 Å². The highest BCUT2D eigenvalue weighted by Crippen LogP contribution is 1.97. The van der Waals surface area contributed by atoms with Gasteiger partial charge in [-0.25, -0.2) is 4.98 Å². The van der Waals surface area contributed by atoms with Gasteiger partial charge in [-0.3, -0.25) is 4.79 Å². The van der Waals surface area contributed by atoms with Crippen molar-refractivity contribution in [2.45, 2.75) is 6.85 Å². The molecule has 0 bridgehead atoms. The van der Waals surface area contributed by atoms with Crippen LogP contribution in [0.15, 0.2) is 24.4 Å². The first-order valence-electron chi connectivity index (χ1n) is 4.22. The lowest BCUT2D eigenvalue weighted by atomic mass is 10.4. The molecule has 1 rings (SSSR count). The monoisotopic (exact) mass is 139 g/mol. The maximum atomic E-state index is 10.9. The van der Waals surface area contributed by atoms with Gasteiger partial charge >= 0.3 is 0 Å². The summed E-state index contributed by atoms with van der Waals surface area (Å²) in [6.07, 6.45) is 1.47. The number of amides is 1. The summed E-state index contributed by atoms with van der Waals surface area (Å²) in [6, 6.07) is 4.84. The van der Waals surface area contributed by atoms with Crippen molar-refractivity contribution >= 4 is 11.7 Å². The fourth-order valence-electron chi connectivity index (χ4n) is 0.553. The number of rotatable bonds is 1. The van der Waals surface area contributed by atoms with Crippen LogP contribution >= 0.6 is 0 Å². The minimum absolute atomic E-state index is 0.239. The minimum Gasteiger partial charge on any atom is -0.311 e. The molecule has 0 unspecified atom stereocenters. The highest BCUT2D eigenvalue weighted by atomic mass is 16.1. The standard InChI is InChI=1S/C7H8N2O/c1-6(10)9-7-4-2-3-5-8-7/h2-5H,1H3,(H,8,9,10)/i1D3. The van der Waals surface area contributed by atoms with Gasteiger partial charge < -0.3 is 5.32 Å². The van der Waals surface area contributed by atoms with Gasteiger partial charge in [-0.2, -0.15) is 0 Å². The topological polar surface area (TPSA) is 42.0 Å². The number of hydrogen-bond donors (Lipinski definition) is 1. The van der Waals surface area contributed by atoms with Crippen molar-refractivity contribution in [3.8, 4) is 0 Å². The van der Waals surface area contributed by atoms with Gasteiger partial charge in [0, 0.05) is 17.2 Å². The summed E-state index contributed by atoms with van der Waals surface area (Å²) in [5.41, 5.74) is 0. The summed E-state index contributed by atoms with van der Waals surface area (Å²) >= 11 is 0. The van der Waals surface area contributed by atoms with E-state index in [1.807, 2.05) is 0 Å². The molecule has 0 saturated carbocycles. The van der Waals surface area contributed by atoms with Gasteiger partial charge in [-0.15, -0.1) is 0 Å². The van der Waals surface area contributed by atoms with E-state index in [0.717, 1.165) is 0 Å². The van der Waals surface area contributed by atoms with Crippen LogP contribution in [0.4, 0.5) is 5.82 Å². The Kier molecular flexibility index (Phi) is 1.10. The summed E-state index contributed by atoms with van der Waals surface area (Å²) < 4.78 is 20.3. The Bertz CT molecular complexity index is 296. The van der Waals surface area contributed by atoms with Crippen molar-refractivity contribution in [3.05, 3.63) is 24.4 Å². The minimum atomic E-state index is -2.63. The quantitative estimate of drug-likeness (QED) is 0.631. The maximum absolute atomic E-state index is 10.9. The van der Waals surface area contributed by atoms with E-state index in [2.05, 4.69) is 10.3 Å². The molecule has 1 aromatic heterocycles. The first-order valence-corrected chi connectivity index (χ1v) is 2.72. The average molecular weight is 139 g/mol. The third-order valence-corrected chi connectivity index (χ3v) is 0.906. The number of hydrogen-bond acceptors (Lipinski definition) is 2. The van der Waals surface area contributed by atoms with Crippen LogP contribution in [-0.4, -0.2) is 10.9 Å². The maximum Gasteiger partial charge on any atom is 0.222 e. The number of nitrogens with zero attached hydrogens (tertiary/aromatic N) is 1. The zero-order valence-electron chi connectivity index (χ0n) is 8.16. The van der Waals surface area contributed by atoms with E-state index in [-0.39, 0.29) is 5.82 Å². The third kappa shape index (κ3) is 1.85. The zero-order valence-corrected chi connectivity index (χ0v) is 5.16. The first kappa shape index (κ1) is 3.71. The molecule has 1 aromatic rings. The fraction of sp³-hybridized carbons (Fsp3) is 0.143. The summed E-state index contributed by atoms with van der Waals surface area (Å²) in [4.78, 5) is 14.7. The molecule has 0 aromatic carbocycles. The molecule has 0 saturated heterocycles. The third-order valence-electron chi connectivity index (χ3n) is 0.906. The molecular weight excluding hydrogens is 128 g/mol. The molecule has 10 heavy (non-hydrogen) atoms. The van der Waals surface area contributed by atoms with E-state index in [1.165, 1.54) is 12.3 Å². The number of carbonyl (C=O) groups excluding carboxylic acids is 1. The number of aromatic nitrogens is 1. The van der Waals surface area contributed by atoms with Crippen molar-refractivity contribution in [3.63, 3.8) is 0 Å². The summed E-state index contributed by atoms with van der Waals surface area (Å²) in [6.45, 7) is -2.63. The SMILES string of the molecule is [2H]C([2H])([2H])C(=O)Nc1ccccn1. The molecule has 3 heteroatoms. The lowest BCUT2D eigenvalue weighted by molar-refractivity contribution is -0.114. The van der Waals surface area contributed by atoms with Crippen LogP contribution in [0.2, 0.25) is 0 Å². The van der Waals surface area contributed by atoms with Gasteiger partial charge in [0.1, 0.15) is 5.82 Å². The van der Waals surface area contributed by atoms with Crippen molar-refractivity contribution in [1.29, 1.82) is 0 Å². The zero-order chi connectivity index (χ0) is 9.90. The number of pyridine rings is 1. The Labute approximate surface area is 63.3 Å². The fourth-order valence-corrected chi connectivity index (χ4v) is 0.553. The Hall–Kier alpha value is -1.38. The van der Waals surface area contributed by atoms with Crippen molar-refractivity contribution in [2.75, 3.05) is 5.32 Å². The van der Waals surface area contributed by atoms with E-state index in [0.29, 0.717) is 0 Å². The van der Waals surface area contributed by atoms with Crippen LogP contribution in [0, 0.1) is 0 Å². The van der Waals surface area contributed by atoms with Crippen LogP contribution in [0.25, 0.3) is 0 Å². The first-order chi connectivity index (χ1) is 6.00. The van der Waals surface area contributed by atoms with Crippen molar-refractivity contribution < 1.29 is 8.91 Å². The molecule has 1 N–H and O–H groups in total. The predicted molar refractivity (Wildman–Crippen MR) is 38.5 cm³/mol. The highest BCUT2D eigenvalue weighted by molar-refractivity contribution is 5.87. The summed E-state index contributed by atoms with van der Waals surface area (Å²) in [5, 5.41) is 2.17. The lowest BCUT2D eigenvalue weighted by Crippen LogP contribution is -2.06. The number of nitrogens with one attached hydrogen (secondary N) is 1. The Balaban J connectivity index is 2.66. The Morgan fingerprint density at radius 2 is 2.70 bits per heavy atom. The molecular formula is C7H8N2O. The molecule has 3 nitrogen and oxygen atoms in total. The van der Waals surface area contributed by atoms with E-state index in [9.17, 15) is 4.79 Å². The summed E-state index contributed by atoms with van der Waals surface area (Å²) in [5.74, 6) is -0.783. The van der Waals surface area contributed by atoms with E-state index < -0.39 is 12.8 Å². The van der Waals surface area contributed by atoms with Crippen LogP contribution < -0.4 is 5.32 Å². The lowest BCUT2D eigenvalue weighted by Gasteiger charge is -1.96. The molecule has 0 fully saturated rings. The van der Waals surface area contributed by atoms with Crippen LogP contribution in [-0.2, 0) is 4.79 Å². The van der Waals surface area contributed by atoms with Crippen molar-refractivity contribution in [2.24, 2.45) is 0 Å².